The van der Waals surface area contributed by atoms with Gasteiger partial charge in [-0.05, 0) is 22.8 Å². The van der Waals surface area contributed by atoms with E-state index in [1.165, 1.54) is 7.11 Å². The van der Waals surface area contributed by atoms with E-state index in [1.54, 1.807) is 16.4 Å². The maximum atomic E-state index is 11.4. The lowest BCUT2D eigenvalue weighted by atomic mass is 10.0. The van der Waals surface area contributed by atoms with Gasteiger partial charge in [-0.1, -0.05) is 30.3 Å². The van der Waals surface area contributed by atoms with Crippen molar-refractivity contribution in [2.24, 2.45) is 0 Å². The third-order valence-electron chi connectivity index (χ3n) is 3.47. The number of carbonyl (C=O) groups is 1. The Kier molecular flexibility index (Phi) is 4.42. The summed E-state index contributed by atoms with van der Waals surface area (Å²) in [5.41, 5.74) is 3.38. The first kappa shape index (κ1) is 15.7. The number of nitrogens with zero attached hydrogens (tertiary/aromatic N) is 2. The molecule has 0 saturated carbocycles. The molecular formula is C17H15IN2O3. The van der Waals surface area contributed by atoms with Gasteiger partial charge in [0.2, 0.25) is 0 Å². The number of carboxylic acid groups (broad SMARTS) is 1. The van der Waals surface area contributed by atoms with Gasteiger partial charge in [-0.25, -0.2) is 4.79 Å². The van der Waals surface area contributed by atoms with E-state index >= 15 is 0 Å². The number of methoxy groups -OCH3 is 1. The zero-order valence-electron chi connectivity index (χ0n) is 12.7. The molecule has 1 aliphatic rings. The lowest BCUT2D eigenvalue weighted by Crippen LogP contribution is -2.15. The molecule has 0 amide bonds. The molecule has 0 atom stereocenters. The smallest absolute Gasteiger partial charge is 0.356 e. The first-order valence-corrected chi connectivity index (χ1v) is 8.94. The Morgan fingerprint density at radius 1 is 1.17 bits per heavy atom. The molecule has 0 unspecified atom stereocenters. The van der Waals surface area contributed by atoms with Crippen LogP contribution in [0.2, 0.25) is 0 Å². The van der Waals surface area contributed by atoms with Crippen LogP contribution in [0.5, 0.6) is 0 Å². The largest absolute Gasteiger partial charge is 0.493 e. The van der Waals surface area contributed by atoms with Gasteiger partial charge in [-0.15, -0.1) is 0 Å². The van der Waals surface area contributed by atoms with Gasteiger partial charge in [-0.2, -0.15) is 0 Å². The SMILES string of the molecule is COC1=C(C(=O)O)N(C)I=C1c1ccc(-c2cccnc2)cc1. The molecule has 0 saturated heterocycles. The maximum Gasteiger partial charge on any atom is 0.356 e. The van der Waals surface area contributed by atoms with E-state index in [0.29, 0.717) is 5.76 Å². The molecule has 2 aromatic rings. The van der Waals surface area contributed by atoms with Crippen LogP contribution < -0.4 is 0 Å². The van der Waals surface area contributed by atoms with Gasteiger partial charge in [-0.3, -0.25) is 4.98 Å². The fourth-order valence-corrected chi connectivity index (χ4v) is 5.11. The Hall–Kier alpha value is -2.22. The Morgan fingerprint density at radius 3 is 2.43 bits per heavy atom. The van der Waals surface area contributed by atoms with Crippen molar-refractivity contribution in [3.8, 4) is 11.1 Å². The number of benzene rings is 1. The van der Waals surface area contributed by atoms with Crippen LogP contribution in [0.15, 0.2) is 60.2 Å². The summed E-state index contributed by atoms with van der Waals surface area (Å²) >= 11 is -0.593. The number of rotatable bonds is 4. The Bertz CT molecular complexity index is 798. The minimum Gasteiger partial charge on any atom is -0.493 e. The monoisotopic (exact) mass is 422 g/mol. The van der Waals surface area contributed by atoms with Crippen LogP contribution in [0, 0.1) is 0 Å². The normalized spacial score (nSPS) is 14.3. The number of likely N-dealkylation sites (N-methyl/N-ethyl adjacent to an activating group) is 1. The number of hydrogen-bond donors (Lipinski definition) is 1. The number of pyridine rings is 1. The van der Waals surface area contributed by atoms with E-state index in [0.717, 1.165) is 20.2 Å². The Morgan fingerprint density at radius 2 is 1.87 bits per heavy atom. The third-order valence-corrected chi connectivity index (χ3v) is 6.27. The van der Waals surface area contributed by atoms with E-state index < -0.39 is 27.0 Å². The molecule has 23 heavy (non-hydrogen) atoms. The molecule has 118 valence electrons. The number of hydrogen-bond acceptors (Lipinski definition) is 4. The van der Waals surface area contributed by atoms with Gasteiger partial charge in [0.25, 0.3) is 0 Å². The van der Waals surface area contributed by atoms with E-state index in [2.05, 4.69) is 4.98 Å². The Labute approximate surface area is 144 Å². The van der Waals surface area contributed by atoms with Crippen LogP contribution in [-0.4, -0.2) is 36.8 Å². The van der Waals surface area contributed by atoms with Crippen LogP contribution in [0.3, 0.4) is 0 Å². The van der Waals surface area contributed by atoms with Gasteiger partial charge in [0, 0.05) is 40.4 Å². The molecule has 6 heteroatoms. The highest BCUT2D eigenvalue weighted by Gasteiger charge is 2.29. The third kappa shape index (κ3) is 2.98. The molecule has 1 aromatic carbocycles. The minimum absolute atomic E-state index is 0.242. The summed E-state index contributed by atoms with van der Waals surface area (Å²) in [6.07, 6.45) is 3.57. The number of carboxylic acids is 1. The van der Waals surface area contributed by atoms with Crippen molar-refractivity contribution in [3.05, 3.63) is 65.8 Å². The van der Waals surface area contributed by atoms with Gasteiger partial charge in [0.05, 0.1) is 10.6 Å². The number of ether oxygens (including phenoxy) is 1. The van der Waals surface area contributed by atoms with Crippen LogP contribution in [0.1, 0.15) is 5.56 Å². The summed E-state index contributed by atoms with van der Waals surface area (Å²) in [7, 11) is 3.32. The number of halogens is 1. The van der Waals surface area contributed by atoms with E-state index in [4.69, 9.17) is 4.74 Å². The molecule has 5 nitrogen and oxygen atoms in total. The van der Waals surface area contributed by atoms with Crippen molar-refractivity contribution >= 4 is 30.5 Å². The molecule has 1 aliphatic heterocycles. The number of aromatic nitrogens is 1. The average molecular weight is 422 g/mol. The second-order valence-corrected chi connectivity index (χ2v) is 7.89. The summed E-state index contributed by atoms with van der Waals surface area (Å²) in [6, 6.07) is 12.0. The van der Waals surface area contributed by atoms with Crippen LogP contribution in [0.4, 0.5) is 0 Å². The summed E-state index contributed by atoms with van der Waals surface area (Å²) in [5, 5.41) is 9.36. The van der Waals surface area contributed by atoms with Gasteiger partial charge in [0.1, 0.15) is 0 Å². The molecule has 0 spiro atoms. The fourth-order valence-electron chi connectivity index (χ4n) is 2.39. The van der Waals surface area contributed by atoms with Crippen molar-refractivity contribution in [1.29, 1.82) is 0 Å². The van der Waals surface area contributed by atoms with Crippen molar-refractivity contribution in [3.63, 3.8) is 0 Å². The first-order valence-electron chi connectivity index (χ1n) is 6.90. The molecule has 0 aliphatic carbocycles. The van der Waals surface area contributed by atoms with Gasteiger partial charge in [0.15, 0.2) is 11.5 Å². The summed E-state index contributed by atoms with van der Waals surface area (Å²) in [6.45, 7) is 0. The average Bonchev–Trinajstić information content (AvgIpc) is 2.92. The highest BCUT2D eigenvalue weighted by molar-refractivity contribution is 14.2. The van der Waals surface area contributed by atoms with E-state index in [-0.39, 0.29) is 5.70 Å². The van der Waals surface area contributed by atoms with Crippen LogP contribution in [0.25, 0.3) is 11.1 Å². The van der Waals surface area contributed by atoms with Crippen molar-refractivity contribution in [2.75, 3.05) is 14.2 Å². The second kappa shape index (κ2) is 6.49. The highest BCUT2D eigenvalue weighted by atomic mass is 127. The molecular weight excluding hydrogens is 407 g/mol. The lowest BCUT2D eigenvalue weighted by molar-refractivity contribution is -0.133. The standard InChI is InChI=1S/C17H15IN2O3/c1-20-15(17(21)22)16(23-2)14(18-20)12-7-5-11(6-8-12)13-4-3-9-19-10-13/h3-10H,1-2H3,(H,21,22). The van der Waals surface area contributed by atoms with Crippen molar-refractivity contribution < 1.29 is 14.6 Å². The molecule has 0 radical (unpaired) electrons. The summed E-state index contributed by atoms with van der Waals surface area (Å²) in [4.78, 5) is 15.5. The fraction of sp³-hybridized carbons (Fsp3) is 0.118. The van der Waals surface area contributed by atoms with E-state index in [1.807, 2.05) is 42.6 Å². The van der Waals surface area contributed by atoms with Crippen molar-refractivity contribution in [1.82, 2.24) is 8.10 Å². The van der Waals surface area contributed by atoms with Crippen molar-refractivity contribution in [2.45, 2.75) is 0 Å². The second-order valence-electron chi connectivity index (χ2n) is 4.88. The molecule has 3 rings (SSSR count). The summed E-state index contributed by atoms with van der Waals surface area (Å²) < 4.78 is 8.16. The highest BCUT2D eigenvalue weighted by Crippen LogP contribution is 2.33. The molecule has 1 N–H and O–H groups in total. The van der Waals surface area contributed by atoms with Crippen LogP contribution in [-0.2, 0) is 9.53 Å². The number of aliphatic carboxylic acids is 1. The van der Waals surface area contributed by atoms with E-state index in [9.17, 15) is 9.90 Å². The molecule has 0 fully saturated rings. The zero-order chi connectivity index (χ0) is 16.4. The first-order chi connectivity index (χ1) is 11.1. The predicted octanol–water partition coefficient (Wildman–Crippen LogP) is 3.04. The lowest BCUT2D eigenvalue weighted by Gasteiger charge is -2.09. The van der Waals surface area contributed by atoms with Gasteiger partial charge >= 0.3 is 5.97 Å². The Balaban J connectivity index is 1.97. The quantitative estimate of drug-likeness (QED) is 0.607. The molecule has 0 bridgehead atoms. The summed E-state index contributed by atoms with van der Waals surface area (Å²) in [5.74, 6) is -0.479. The maximum absolute atomic E-state index is 11.4. The molecule has 2 heterocycles. The molecule has 1 aromatic heterocycles. The zero-order valence-corrected chi connectivity index (χ0v) is 14.8. The van der Waals surface area contributed by atoms with Crippen LogP contribution >= 0.6 is 21.0 Å². The minimum atomic E-state index is -0.953. The van der Waals surface area contributed by atoms with Gasteiger partial charge < -0.3 is 13.0 Å². The topological polar surface area (TPSA) is 62.7 Å². The predicted molar refractivity (Wildman–Crippen MR) is 97.2 cm³/mol. The number of allylic oxidation sites excluding steroid dienone is 1.